The Morgan fingerprint density at radius 3 is 1.93 bits per heavy atom. The van der Waals surface area contributed by atoms with Gasteiger partial charge in [0.15, 0.2) is 11.6 Å². The third-order valence-corrected chi connectivity index (χ3v) is 4.58. The molecule has 0 aliphatic rings. The fourth-order valence-electron chi connectivity index (χ4n) is 3.07. The van der Waals surface area contributed by atoms with Gasteiger partial charge >= 0.3 is 0 Å². The molecule has 0 bridgehead atoms. The van der Waals surface area contributed by atoms with Crippen LogP contribution in [0.4, 0.5) is 13.2 Å². The zero-order valence-electron chi connectivity index (χ0n) is 17.4. The lowest BCUT2D eigenvalue weighted by Crippen LogP contribution is -2.29. The first-order valence-corrected chi connectivity index (χ1v) is 10.5. The first-order chi connectivity index (χ1) is 13.5. The van der Waals surface area contributed by atoms with E-state index >= 15 is 0 Å². The predicted octanol–water partition coefficient (Wildman–Crippen LogP) is 6.53. The smallest absolute Gasteiger partial charge is 0.271 e. The zero-order valence-corrected chi connectivity index (χ0v) is 17.4. The number of hydrogen-bond acceptors (Lipinski definition) is 3. The fraction of sp³-hybridized carbons (Fsp3) is 0.727. The summed E-state index contributed by atoms with van der Waals surface area (Å²) in [7, 11) is 0. The fourth-order valence-corrected chi connectivity index (χ4v) is 3.07. The number of unbranched alkanes of at least 4 members (excludes halogenated alkanes) is 6. The van der Waals surface area contributed by atoms with Gasteiger partial charge in [-0.05, 0) is 31.9 Å². The maximum absolute atomic E-state index is 14.1. The van der Waals surface area contributed by atoms with E-state index in [9.17, 15) is 13.2 Å². The minimum absolute atomic E-state index is 0.0959. The van der Waals surface area contributed by atoms with Gasteiger partial charge in [0.25, 0.3) is 6.48 Å². The third kappa shape index (κ3) is 9.89. The molecular formula is C22H35F3O3. The second kappa shape index (κ2) is 14.8. The van der Waals surface area contributed by atoms with E-state index in [4.69, 9.17) is 14.2 Å². The molecule has 28 heavy (non-hydrogen) atoms. The van der Waals surface area contributed by atoms with Crippen LogP contribution >= 0.6 is 0 Å². The minimum atomic E-state index is -1.19. The lowest BCUT2D eigenvalue weighted by atomic mass is 10.0. The SMILES string of the molecule is CCCCCCCCCC(Cc1cc(F)c(F)cc1F)OC(OCC)OCC. The molecule has 0 aromatic heterocycles. The Labute approximate surface area is 167 Å². The van der Waals surface area contributed by atoms with Crippen LogP contribution in [0.25, 0.3) is 0 Å². The van der Waals surface area contributed by atoms with Gasteiger partial charge in [-0.15, -0.1) is 0 Å². The summed E-state index contributed by atoms with van der Waals surface area (Å²) in [6.07, 6.45) is 8.43. The van der Waals surface area contributed by atoms with Gasteiger partial charge in [-0.3, -0.25) is 0 Å². The molecule has 6 heteroatoms. The Hall–Kier alpha value is -1.11. The Bertz CT molecular complexity index is 534. The van der Waals surface area contributed by atoms with Crippen LogP contribution in [0.1, 0.15) is 77.7 Å². The van der Waals surface area contributed by atoms with Crippen LogP contribution in [-0.2, 0) is 20.6 Å². The summed E-state index contributed by atoms with van der Waals surface area (Å²) in [4.78, 5) is 0. The van der Waals surface area contributed by atoms with Crippen molar-refractivity contribution < 1.29 is 27.4 Å². The summed E-state index contributed by atoms with van der Waals surface area (Å²) >= 11 is 0. The van der Waals surface area contributed by atoms with Gasteiger partial charge in [0.2, 0.25) is 0 Å². The first kappa shape index (κ1) is 24.9. The summed E-state index contributed by atoms with van der Waals surface area (Å²) in [6.45, 7) is 5.82. The summed E-state index contributed by atoms with van der Waals surface area (Å²) in [6, 6.07) is 1.49. The van der Waals surface area contributed by atoms with Crippen LogP contribution in [0.15, 0.2) is 12.1 Å². The Morgan fingerprint density at radius 2 is 1.32 bits per heavy atom. The van der Waals surface area contributed by atoms with Crippen molar-refractivity contribution in [2.24, 2.45) is 0 Å². The molecule has 1 atom stereocenters. The maximum atomic E-state index is 14.1. The quantitative estimate of drug-likeness (QED) is 0.178. The molecule has 0 heterocycles. The van der Waals surface area contributed by atoms with Crippen molar-refractivity contribution in [3.8, 4) is 0 Å². The van der Waals surface area contributed by atoms with Gasteiger partial charge in [0, 0.05) is 25.7 Å². The highest BCUT2D eigenvalue weighted by Gasteiger charge is 2.20. The highest BCUT2D eigenvalue weighted by molar-refractivity contribution is 5.20. The Morgan fingerprint density at radius 1 is 0.750 bits per heavy atom. The molecule has 0 aliphatic carbocycles. The van der Waals surface area contributed by atoms with Gasteiger partial charge in [0.05, 0.1) is 6.10 Å². The van der Waals surface area contributed by atoms with Crippen LogP contribution < -0.4 is 0 Å². The van der Waals surface area contributed by atoms with Crippen LogP contribution in [0.5, 0.6) is 0 Å². The summed E-state index contributed by atoms with van der Waals surface area (Å²) in [5.74, 6) is -3.01. The van der Waals surface area contributed by atoms with Crippen molar-refractivity contribution in [2.45, 2.75) is 91.1 Å². The van der Waals surface area contributed by atoms with Crippen LogP contribution in [0.2, 0.25) is 0 Å². The molecule has 0 saturated carbocycles. The van der Waals surface area contributed by atoms with E-state index in [1.807, 2.05) is 13.8 Å². The van der Waals surface area contributed by atoms with Crippen LogP contribution in [0.3, 0.4) is 0 Å². The molecule has 3 nitrogen and oxygen atoms in total. The lowest BCUT2D eigenvalue weighted by Gasteiger charge is -2.24. The topological polar surface area (TPSA) is 27.7 Å². The van der Waals surface area contributed by atoms with Crippen molar-refractivity contribution in [1.29, 1.82) is 0 Å². The van der Waals surface area contributed by atoms with Crippen molar-refractivity contribution >= 4 is 0 Å². The van der Waals surface area contributed by atoms with E-state index in [-0.39, 0.29) is 12.0 Å². The standard InChI is InChI=1S/C22H35F3O3/c1-4-7-8-9-10-11-12-13-18(28-22(26-5-2)27-6-3)14-17-15-20(24)21(25)16-19(17)23/h15-16,18,22H,4-14H2,1-3H3. The summed E-state index contributed by atoms with van der Waals surface area (Å²) in [5, 5.41) is 0. The van der Waals surface area contributed by atoms with Gasteiger partial charge in [0.1, 0.15) is 5.82 Å². The highest BCUT2D eigenvalue weighted by atomic mass is 19.2. The second-order valence-electron chi connectivity index (χ2n) is 6.93. The Kier molecular flexibility index (Phi) is 13.2. The Balaban J connectivity index is 2.67. The number of hydrogen-bond donors (Lipinski definition) is 0. The van der Waals surface area contributed by atoms with E-state index in [0.29, 0.717) is 25.7 Å². The third-order valence-electron chi connectivity index (χ3n) is 4.58. The summed E-state index contributed by atoms with van der Waals surface area (Å²) in [5.41, 5.74) is 0.0959. The van der Waals surface area contributed by atoms with Gasteiger partial charge < -0.3 is 14.2 Å². The molecular weight excluding hydrogens is 369 g/mol. The van der Waals surface area contributed by atoms with Crippen molar-refractivity contribution in [3.05, 3.63) is 35.1 Å². The number of halogens is 3. The van der Waals surface area contributed by atoms with Crippen LogP contribution in [-0.4, -0.2) is 25.8 Å². The van der Waals surface area contributed by atoms with E-state index in [0.717, 1.165) is 25.3 Å². The molecule has 1 rings (SSSR count). The van der Waals surface area contributed by atoms with Crippen LogP contribution in [0, 0.1) is 17.5 Å². The molecule has 0 fully saturated rings. The van der Waals surface area contributed by atoms with Gasteiger partial charge in [-0.25, -0.2) is 13.2 Å². The molecule has 0 amide bonds. The monoisotopic (exact) mass is 404 g/mol. The molecule has 1 unspecified atom stereocenters. The zero-order chi connectivity index (χ0) is 20.8. The average Bonchev–Trinajstić information content (AvgIpc) is 2.65. The number of ether oxygens (including phenoxy) is 3. The van der Waals surface area contributed by atoms with E-state index in [2.05, 4.69) is 6.92 Å². The van der Waals surface area contributed by atoms with Crippen molar-refractivity contribution in [3.63, 3.8) is 0 Å². The molecule has 0 aliphatic heterocycles. The number of benzene rings is 1. The van der Waals surface area contributed by atoms with Gasteiger partial charge in [-0.1, -0.05) is 51.9 Å². The summed E-state index contributed by atoms with van der Waals surface area (Å²) < 4.78 is 57.5. The number of rotatable bonds is 16. The second-order valence-corrected chi connectivity index (χ2v) is 6.93. The van der Waals surface area contributed by atoms with Gasteiger partial charge in [-0.2, -0.15) is 0 Å². The highest BCUT2D eigenvalue weighted by Crippen LogP contribution is 2.21. The molecule has 1 aromatic rings. The van der Waals surface area contributed by atoms with Crippen molar-refractivity contribution in [1.82, 2.24) is 0 Å². The molecule has 0 spiro atoms. The molecule has 162 valence electrons. The lowest BCUT2D eigenvalue weighted by molar-refractivity contribution is -0.302. The average molecular weight is 405 g/mol. The predicted molar refractivity (Wildman–Crippen MR) is 105 cm³/mol. The van der Waals surface area contributed by atoms with Crippen molar-refractivity contribution in [2.75, 3.05) is 13.2 Å². The molecule has 0 N–H and O–H groups in total. The minimum Gasteiger partial charge on any atom is -0.330 e. The van der Waals surface area contributed by atoms with E-state index in [1.54, 1.807) is 0 Å². The first-order valence-electron chi connectivity index (χ1n) is 10.5. The molecule has 1 aromatic carbocycles. The van der Waals surface area contributed by atoms with E-state index < -0.39 is 30.0 Å². The molecule has 0 radical (unpaired) electrons. The normalized spacial score (nSPS) is 12.7. The largest absolute Gasteiger partial charge is 0.330 e. The maximum Gasteiger partial charge on any atom is 0.271 e. The van der Waals surface area contributed by atoms with E-state index in [1.165, 1.54) is 25.7 Å². The molecule has 0 saturated heterocycles.